The standard InChI is InChI=1S/C28H24N2O3S/c31-27(19-21-7-3-1-4-8-21)29-23-13-17-26(18-14-23)34-20-28(32)30-22-11-15-25(16-12-22)33-24-9-5-2-6-10-24/h1-18H,19-20H2,(H,29,31)(H,30,32). The minimum absolute atomic E-state index is 0.0637. The Hall–Kier alpha value is -4.03. The van der Waals surface area contributed by atoms with E-state index in [1.807, 2.05) is 109 Å². The minimum atomic E-state index is -0.0954. The van der Waals surface area contributed by atoms with Crippen LogP contribution in [0.1, 0.15) is 5.56 Å². The van der Waals surface area contributed by atoms with E-state index in [0.29, 0.717) is 17.9 Å². The molecule has 0 aliphatic carbocycles. The van der Waals surface area contributed by atoms with Gasteiger partial charge in [0, 0.05) is 16.3 Å². The number of anilines is 2. The van der Waals surface area contributed by atoms with Crippen LogP contribution in [0.2, 0.25) is 0 Å². The maximum Gasteiger partial charge on any atom is 0.234 e. The average Bonchev–Trinajstić information content (AvgIpc) is 2.86. The van der Waals surface area contributed by atoms with Gasteiger partial charge in [-0.1, -0.05) is 48.5 Å². The molecule has 0 spiro atoms. The molecule has 0 radical (unpaired) electrons. The highest BCUT2D eigenvalue weighted by Crippen LogP contribution is 2.24. The van der Waals surface area contributed by atoms with Crippen LogP contribution in [-0.4, -0.2) is 17.6 Å². The molecule has 6 heteroatoms. The van der Waals surface area contributed by atoms with Crippen molar-refractivity contribution in [1.82, 2.24) is 0 Å². The van der Waals surface area contributed by atoms with Crippen molar-refractivity contribution in [2.24, 2.45) is 0 Å². The summed E-state index contributed by atoms with van der Waals surface area (Å²) in [5, 5.41) is 5.79. The first-order valence-corrected chi connectivity index (χ1v) is 11.8. The zero-order valence-corrected chi connectivity index (χ0v) is 19.3. The Morgan fingerprint density at radius 3 is 1.79 bits per heavy atom. The van der Waals surface area contributed by atoms with Crippen LogP contribution in [0.15, 0.2) is 114 Å². The zero-order chi connectivity index (χ0) is 23.6. The fourth-order valence-corrected chi connectivity index (χ4v) is 3.90. The number of nitrogens with one attached hydrogen (secondary N) is 2. The normalized spacial score (nSPS) is 10.4. The third-order valence-electron chi connectivity index (χ3n) is 4.83. The number of benzene rings is 4. The highest BCUT2D eigenvalue weighted by Gasteiger charge is 2.07. The topological polar surface area (TPSA) is 67.4 Å². The molecule has 0 aliphatic rings. The molecule has 170 valence electrons. The predicted molar refractivity (Wildman–Crippen MR) is 138 cm³/mol. The molecule has 4 aromatic carbocycles. The summed E-state index contributed by atoms with van der Waals surface area (Å²) >= 11 is 1.43. The molecule has 0 bridgehead atoms. The van der Waals surface area contributed by atoms with Crippen LogP contribution >= 0.6 is 11.8 Å². The van der Waals surface area contributed by atoms with Crippen molar-refractivity contribution < 1.29 is 14.3 Å². The van der Waals surface area contributed by atoms with Crippen LogP contribution < -0.4 is 15.4 Å². The van der Waals surface area contributed by atoms with Gasteiger partial charge in [-0.3, -0.25) is 9.59 Å². The first-order chi connectivity index (χ1) is 16.6. The van der Waals surface area contributed by atoms with E-state index in [2.05, 4.69) is 10.6 Å². The summed E-state index contributed by atoms with van der Waals surface area (Å²) in [6, 6.07) is 33.9. The Labute approximate surface area is 203 Å². The third kappa shape index (κ3) is 7.25. The second-order valence-corrected chi connectivity index (χ2v) is 8.56. The lowest BCUT2D eigenvalue weighted by Crippen LogP contribution is -2.14. The summed E-state index contributed by atoms with van der Waals surface area (Å²) < 4.78 is 5.76. The fourth-order valence-electron chi connectivity index (χ4n) is 3.20. The molecule has 2 amide bonds. The van der Waals surface area contributed by atoms with Gasteiger partial charge in [0.1, 0.15) is 11.5 Å². The number of hydrogen-bond acceptors (Lipinski definition) is 4. The number of ether oxygens (including phenoxy) is 1. The van der Waals surface area contributed by atoms with Gasteiger partial charge in [-0.25, -0.2) is 0 Å². The molecule has 4 aromatic rings. The first-order valence-electron chi connectivity index (χ1n) is 10.8. The smallest absolute Gasteiger partial charge is 0.234 e. The van der Waals surface area contributed by atoms with Crippen molar-refractivity contribution in [3.05, 3.63) is 115 Å². The summed E-state index contributed by atoms with van der Waals surface area (Å²) in [6.07, 6.45) is 0.330. The monoisotopic (exact) mass is 468 g/mol. The largest absolute Gasteiger partial charge is 0.457 e. The number of carbonyl (C=O) groups is 2. The summed E-state index contributed by atoms with van der Waals surface area (Å²) in [5.41, 5.74) is 2.41. The second-order valence-electron chi connectivity index (χ2n) is 7.51. The Bertz CT molecular complexity index is 1210. The van der Waals surface area contributed by atoms with E-state index in [-0.39, 0.29) is 17.6 Å². The molecule has 0 aliphatic heterocycles. The SMILES string of the molecule is O=C(CSc1ccc(NC(=O)Cc2ccccc2)cc1)Nc1ccc(Oc2ccccc2)cc1. The molecule has 0 saturated carbocycles. The third-order valence-corrected chi connectivity index (χ3v) is 5.84. The number of carbonyl (C=O) groups excluding carboxylic acids is 2. The first kappa shape index (κ1) is 23.1. The van der Waals surface area contributed by atoms with E-state index in [1.54, 1.807) is 0 Å². The number of thioether (sulfide) groups is 1. The maximum atomic E-state index is 12.3. The van der Waals surface area contributed by atoms with Crippen LogP contribution in [0.3, 0.4) is 0 Å². The fraction of sp³-hybridized carbons (Fsp3) is 0.0714. The summed E-state index contributed by atoms with van der Waals surface area (Å²) in [7, 11) is 0. The highest BCUT2D eigenvalue weighted by molar-refractivity contribution is 8.00. The molecule has 34 heavy (non-hydrogen) atoms. The van der Waals surface area contributed by atoms with E-state index >= 15 is 0 Å². The van der Waals surface area contributed by atoms with Gasteiger partial charge < -0.3 is 15.4 Å². The Kier molecular flexibility index (Phi) is 7.98. The lowest BCUT2D eigenvalue weighted by Gasteiger charge is -2.09. The van der Waals surface area contributed by atoms with Crippen molar-refractivity contribution >= 4 is 35.0 Å². The summed E-state index contributed by atoms with van der Waals surface area (Å²) in [4.78, 5) is 25.5. The van der Waals surface area contributed by atoms with Gasteiger partial charge in [-0.2, -0.15) is 0 Å². The molecule has 2 N–H and O–H groups in total. The minimum Gasteiger partial charge on any atom is -0.457 e. The quantitative estimate of drug-likeness (QED) is 0.279. The Balaban J connectivity index is 1.21. The molecule has 4 rings (SSSR count). The van der Waals surface area contributed by atoms with Crippen LogP contribution in [0.5, 0.6) is 11.5 Å². The van der Waals surface area contributed by atoms with Crippen molar-refractivity contribution in [1.29, 1.82) is 0 Å². The van der Waals surface area contributed by atoms with Crippen molar-refractivity contribution in [3.63, 3.8) is 0 Å². The van der Waals surface area contributed by atoms with Crippen LogP contribution in [0.4, 0.5) is 11.4 Å². The molecule has 0 unspecified atom stereocenters. The van der Waals surface area contributed by atoms with Gasteiger partial charge in [0.25, 0.3) is 0 Å². The van der Waals surface area contributed by atoms with Crippen LogP contribution in [0, 0.1) is 0 Å². The number of amides is 2. The van der Waals surface area contributed by atoms with Crippen molar-refractivity contribution in [2.75, 3.05) is 16.4 Å². The van der Waals surface area contributed by atoms with Crippen LogP contribution in [-0.2, 0) is 16.0 Å². The predicted octanol–water partition coefficient (Wildman–Crippen LogP) is 6.39. The van der Waals surface area contributed by atoms with Gasteiger partial charge in [0.05, 0.1) is 12.2 Å². The number of para-hydroxylation sites is 1. The van der Waals surface area contributed by atoms with Gasteiger partial charge in [-0.05, 0) is 66.2 Å². The van der Waals surface area contributed by atoms with Gasteiger partial charge >= 0.3 is 0 Å². The molecular formula is C28H24N2O3S. The van der Waals surface area contributed by atoms with E-state index < -0.39 is 0 Å². The van der Waals surface area contributed by atoms with Gasteiger partial charge in [-0.15, -0.1) is 11.8 Å². The molecule has 0 heterocycles. The average molecular weight is 469 g/mol. The maximum absolute atomic E-state index is 12.3. The molecule has 0 saturated heterocycles. The molecule has 0 fully saturated rings. The van der Waals surface area contributed by atoms with Gasteiger partial charge in [0.15, 0.2) is 0 Å². The lowest BCUT2D eigenvalue weighted by atomic mass is 10.1. The number of hydrogen-bond donors (Lipinski definition) is 2. The van der Waals surface area contributed by atoms with E-state index in [4.69, 9.17) is 4.74 Å². The van der Waals surface area contributed by atoms with Crippen molar-refractivity contribution in [3.8, 4) is 11.5 Å². The molecule has 0 aromatic heterocycles. The van der Waals surface area contributed by atoms with Crippen molar-refractivity contribution in [2.45, 2.75) is 11.3 Å². The number of rotatable bonds is 9. The van der Waals surface area contributed by atoms with Crippen LogP contribution in [0.25, 0.3) is 0 Å². The lowest BCUT2D eigenvalue weighted by molar-refractivity contribution is -0.115. The summed E-state index contributed by atoms with van der Waals surface area (Å²) in [6.45, 7) is 0. The molecule has 5 nitrogen and oxygen atoms in total. The molecule has 0 atom stereocenters. The highest BCUT2D eigenvalue weighted by atomic mass is 32.2. The molecular weight excluding hydrogens is 444 g/mol. The van der Waals surface area contributed by atoms with Gasteiger partial charge in [0.2, 0.25) is 11.8 Å². The van der Waals surface area contributed by atoms with E-state index in [0.717, 1.165) is 21.9 Å². The van der Waals surface area contributed by atoms with E-state index in [1.165, 1.54) is 11.8 Å². The zero-order valence-electron chi connectivity index (χ0n) is 18.4. The Morgan fingerprint density at radius 1 is 0.618 bits per heavy atom. The summed E-state index contributed by atoms with van der Waals surface area (Å²) in [5.74, 6) is 1.59. The second kappa shape index (κ2) is 11.7. The Morgan fingerprint density at radius 2 is 1.15 bits per heavy atom. The van der Waals surface area contributed by atoms with E-state index in [9.17, 15) is 9.59 Å².